The van der Waals surface area contributed by atoms with Crippen molar-refractivity contribution in [3.8, 4) is 5.88 Å². The molecule has 2 heterocycles. The monoisotopic (exact) mass is 266 g/mol. The molecule has 0 bridgehead atoms. The Balaban J connectivity index is 2.35. The molecule has 4 heteroatoms. The predicted octanol–water partition coefficient (Wildman–Crippen LogP) is 3.79. The van der Waals surface area contributed by atoms with Crippen LogP contribution in [0.15, 0.2) is 48.7 Å². The summed E-state index contributed by atoms with van der Waals surface area (Å²) in [6.45, 7) is 0. The predicted molar refractivity (Wildman–Crippen MR) is 76.7 cm³/mol. The Bertz CT molecular complexity index is 959. The van der Waals surface area contributed by atoms with Crippen LogP contribution in [-0.4, -0.2) is 16.5 Å². The van der Waals surface area contributed by atoms with E-state index in [-0.39, 0.29) is 5.82 Å². The van der Waals surface area contributed by atoms with E-state index in [9.17, 15) is 4.39 Å². The molecule has 0 saturated carbocycles. The fourth-order valence-electron chi connectivity index (χ4n) is 2.68. The highest BCUT2D eigenvalue weighted by Crippen LogP contribution is 2.30. The molecule has 98 valence electrons. The van der Waals surface area contributed by atoms with Crippen molar-refractivity contribution in [2.24, 2.45) is 0 Å². The van der Waals surface area contributed by atoms with Gasteiger partial charge in [-0.25, -0.2) is 4.39 Å². The van der Waals surface area contributed by atoms with Gasteiger partial charge in [0.05, 0.1) is 18.8 Å². The summed E-state index contributed by atoms with van der Waals surface area (Å²) in [5.41, 5.74) is 1.76. The van der Waals surface area contributed by atoms with E-state index in [1.54, 1.807) is 19.2 Å². The molecular formula is C16H11FN2O. The summed E-state index contributed by atoms with van der Waals surface area (Å²) >= 11 is 0. The molecule has 0 radical (unpaired) electrons. The SMILES string of the molecule is COc1cn2c3ccccc3c3cc(F)ccc3c2n1. The molecule has 0 atom stereocenters. The van der Waals surface area contributed by atoms with Crippen LogP contribution < -0.4 is 4.74 Å². The number of hydrogen-bond donors (Lipinski definition) is 0. The van der Waals surface area contributed by atoms with Gasteiger partial charge >= 0.3 is 0 Å². The highest BCUT2D eigenvalue weighted by molar-refractivity contribution is 6.11. The lowest BCUT2D eigenvalue weighted by molar-refractivity contribution is 0.400. The summed E-state index contributed by atoms with van der Waals surface area (Å²) in [6, 6.07) is 12.7. The third-order valence-electron chi connectivity index (χ3n) is 3.57. The fourth-order valence-corrected chi connectivity index (χ4v) is 2.68. The van der Waals surface area contributed by atoms with Gasteiger partial charge in [-0.1, -0.05) is 18.2 Å². The Morgan fingerprint density at radius 3 is 2.75 bits per heavy atom. The fraction of sp³-hybridized carbons (Fsp3) is 0.0625. The van der Waals surface area contributed by atoms with Crippen LogP contribution in [0.3, 0.4) is 0 Å². The van der Waals surface area contributed by atoms with Gasteiger partial charge in [-0.15, -0.1) is 0 Å². The molecule has 0 spiro atoms. The number of fused-ring (bicyclic) bond motifs is 6. The second kappa shape index (κ2) is 3.93. The molecule has 2 aromatic heterocycles. The first-order chi connectivity index (χ1) is 9.78. The number of aromatic nitrogens is 2. The molecule has 0 aliphatic heterocycles. The maximum atomic E-state index is 13.6. The van der Waals surface area contributed by atoms with Gasteiger partial charge in [0.1, 0.15) is 11.5 Å². The first kappa shape index (κ1) is 11.2. The summed E-state index contributed by atoms with van der Waals surface area (Å²) in [6.07, 6.45) is 1.85. The summed E-state index contributed by atoms with van der Waals surface area (Å²) in [4.78, 5) is 4.46. The van der Waals surface area contributed by atoms with E-state index in [0.29, 0.717) is 5.88 Å². The van der Waals surface area contributed by atoms with Gasteiger partial charge in [-0.3, -0.25) is 4.40 Å². The Hall–Kier alpha value is -2.62. The Labute approximate surface area is 114 Å². The molecule has 0 unspecified atom stereocenters. The number of imidazole rings is 1. The molecule has 3 nitrogen and oxygen atoms in total. The molecular weight excluding hydrogens is 255 g/mol. The molecule has 4 rings (SSSR count). The number of ether oxygens (including phenoxy) is 1. The van der Waals surface area contributed by atoms with E-state index < -0.39 is 0 Å². The van der Waals surface area contributed by atoms with Crippen molar-refractivity contribution >= 4 is 27.3 Å². The van der Waals surface area contributed by atoms with E-state index in [0.717, 1.165) is 27.3 Å². The zero-order chi connectivity index (χ0) is 13.7. The first-order valence-electron chi connectivity index (χ1n) is 6.31. The minimum atomic E-state index is -0.245. The van der Waals surface area contributed by atoms with Crippen LogP contribution in [0.2, 0.25) is 0 Å². The van der Waals surface area contributed by atoms with Crippen molar-refractivity contribution in [3.63, 3.8) is 0 Å². The lowest BCUT2D eigenvalue weighted by atomic mass is 10.1. The summed E-state index contributed by atoms with van der Waals surface area (Å²) in [5.74, 6) is 0.303. The van der Waals surface area contributed by atoms with Gasteiger partial charge in [0.25, 0.3) is 0 Å². The average molecular weight is 266 g/mol. The number of benzene rings is 2. The minimum absolute atomic E-state index is 0.245. The second-order valence-corrected chi connectivity index (χ2v) is 4.68. The van der Waals surface area contributed by atoms with Crippen molar-refractivity contribution < 1.29 is 9.13 Å². The van der Waals surface area contributed by atoms with E-state index in [1.165, 1.54) is 6.07 Å². The molecule has 0 aliphatic rings. The number of rotatable bonds is 1. The number of pyridine rings is 1. The van der Waals surface area contributed by atoms with E-state index >= 15 is 0 Å². The van der Waals surface area contributed by atoms with Crippen LogP contribution in [0.5, 0.6) is 5.88 Å². The Morgan fingerprint density at radius 1 is 1.05 bits per heavy atom. The smallest absolute Gasteiger partial charge is 0.232 e. The van der Waals surface area contributed by atoms with Crippen molar-refractivity contribution in [2.75, 3.05) is 7.11 Å². The molecule has 0 amide bonds. The van der Waals surface area contributed by atoms with Crippen LogP contribution in [0, 0.1) is 5.82 Å². The zero-order valence-electron chi connectivity index (χ0n) is 10.8. The minimum Gasteiger partial charge on any atom is -0.480 e. The van der Waals surface area contributed by atoms with Crippen molar-refractivity contribution in [1.82, 2.24) is 9.38 Å². The number of para-hydroxylation sites is 1. The molecule has 4 aromatic rings. The Morgan fingerprint density at radius 2 is 1.90 bits per heavy atom. The molecule has 0 aliphatic carbocycles. The quantitative estimate of drug-likeness (QED) is 0.490. The van der Waals surface area contributed by atoms with Crippen LogP contribution in [0.4, 0.5) is 4.39 Å². The van der Waals surface area contributed by atoms with Gasteiger partial charge in [0.15, 0.2) is 0 Å². The number of nitrogens with zero attached hydrogens (tertiary/aromatic N) is 2. The lowest BCUT2D eigenvalue weighted by Crippen LogP contribution is -1.90. The van der Waals surface area contributed by atoms with Crippen LogP contribution >= 0.6 is 0 Å². The van der Waals surface area contributed by atoms with Gasteiger partial charge in [-0.05, 0) is 29.7 Å². The van der Waals surface area contributed by atoms with Gasteiger partial charge in [0.2, 0.25) is 5.88 Å². The summed E-state index contributed by atoms with van der Waals surface area (Å²) in [5, 5.41) is 2.77. The van der Waals surface area contributed by atoms with Gasteiger partial charge < -0.3 is 4.74 Å². The highest BCUT2D eigenvalue weighted by atomic mass is 19.1. The number of halogens is 1. The molecule has 0 fully saturated rings. The maximum absolute atomic E-state index is 13.6. The third-order valence-corrected chi connectivity index (χ3v) is 3.57. The topological polar surface area (TPSA) is 26.5 Å². The second-order valence-electron chi connectivity index (χ2n) is 4.68. The van der Waals surface area contributed by atoms with E-state index in [4.69, 9.17) is 4.74 Å². The van der Waals surface area contributed by atoms with Crippen molar-refractivity contribution in [3.05, 3.63) is 54.5 Å². The number of methoxy groups -OCH3 is 1. The highest BCUT2D eigenvalue weighted by Gasteiger charge is 2.12. The molecule has 2 aromatic carbocycles. The number of hydrogen-bond acceptors (Lipinski definition) is 2. The lowest BCUT2D eigenvalue weighted by Gasteiger charge is -2.07. The Kier molecular flexibility index (Phi) is 2.21. The largest absolute Gasteiger partial charge is 0.480 e. The molecule has 20 heavy (non-hydrogen) atoms. The molecule has 0 N–H and O–H groups in total. The van der Waals surface area contributed by atoms with Gasteiger partial charge in [-0.2, -0.15) is 4.98 Å². The van der Waals surface area contributed by atoms with Crippen molar-refractivity contribution in [1.29, 1.82) is 0 Å². The average Bonchev–Trinajstić information content (AvgIpc) is 2.92. The van der Waals surface area contributed by atoms with Crippen LogP contribution in [-0.2, 0) is 0 Å². The zero-order valence-corrected chi connectivity index (χ0v) is 10.8. The molecule has 0 saturated heterocycles. The summed E-state index contributed by atoms with van der Waals surface area (Å²) in [7, 11) is 1.59. The van der Waals surface area contributed by atoms with Crippen LogP contribution in [0.1, 0.15) is 0 Å². The normalized spacial score (nSPS) is 11.5. The third kappa shape index (κ3) is 1.42. The first-order valence-corrected chi connectivity index (χ1v) is 6.31. The van der Waals surface area contributed by atoms with E-state index in [1.807, 2.05) is 34.9 Å². The maximum Gasteiger partial charge on any atom is 0.232 e. The van der Waals surface area contributed by atoms with Gasteiger partial charge in [0, 0.05) is 10.8 Å². The van der Waals surface area contributed by atoms with Crippen molar-refractivity contribution in [2.45, 2.75) is 0 Å². The standard InChI is InChI=1S/C16H11FN2O/c1-20-15-9-19-14-5-3-2-4-11(14)13-8-10(17)6-7-12(13)16(19)18-15/h2-9H,1H3. The van der Waals surface area contributed by atoms with E-state index in [2.05, 4.69) is 4.98 Å². The summed E-state index contributed by atoms with van der Waals surface area (Å²) < 4.78 is 20.8. The van der Waals surface area contributed by atoms with Crippen LogP contribution in [0.25, 0.3) is 27.3 Å².